The average Bonchev–Trinajstić information content (AvgIpc) is 2.90. The summed E-state index contributed by atoms with van der Waals surface area (Å²) in [7, 11) is 0. The Bertz CT molecular complexity index is 626. The van der Waals surface area contributed by atoms with Gasteiger partial charge in [0, 0.05) is 0 Å². The number of nitriles is 1. The smallest absolute Gasteiger partial charge is 0.237 e. The molecule has 2 fully saturated rings. The van der Waals surface area contributed by atoms with Crippen LogP contribution in [0, 0.1) is 34.9 Å². The van der Waals surface area contributed by atoms with E-state index in [1.165, 1.54) is 6.07 Å². The van der Waals surface area contributed by atoms with Crippen LogP contribution in [-0.4, -0.2) is 11.8 Å². The van der Waals surface area contributed by atoms with Gasteiger partial charge in [-0.05, 0) is 37.0 Å². The van der Waals surface area contributed by atoms with Gasteiger partial charge in [-0.25, -0.2) is 9.29 Å². The SMILES string of the molecule is CC1CC2C(=O)N(c3ccc(F)cc3C#N)C(=O)C2C1. The van der Waals surface area contributed by atoms with Crippen molar-refractivity contribution in [3.8, 4) is 6.07 Å². The van der Waals surface area contributed by atoms with E-state index in [0.29, 0.717) is 18.8 Å². The number of rotatable bonds is 1. The van der Waals surface area contributed by atoms with Gasteiger partial charge in [-0.3, -0.25) is 9.59 Å². The highest BCUT2D eigenvalue weighted by Gasteiger charge is 2.52. The van der Waals surface area contributed by atoms with Crippen molar-refractivity contribution in [1.82, 2.24) is 0 Å². The van der Waals surface area contributed by atoms with Crippen molar-refractivity contribution < 1.29 is 14.0 Å². The highest BCUT2D eigenvalue weighted by Crippen LogP contribution is 2.44. The van der Waals surface area contributed by atoms with Crippen LogP contribution in [-0.2, 0) is 9.59 Å². The molecule has 1 aliphatic heterocycles. The zero-order valence-corrected chi connectivity index (χ0v) is 11.0. The highest BCUT2D eigenvalue weighted by atomic mass is 19.1. The van der Waals surface area contributed by atoms with Crippen molar-refractivity contribution in [2.75, 3.05) is 4.90 Å². The molecule has 2 unspecified atom stereocenters. The van der Waals surface area contributed by atoms with Crippen LogP contribution >= 0.6 is 0 Å². The Morgan fingerprint density at radius 3 is 2.40 bits per heavy atom. The van der Waals surface area contributed by atoms with E-state index >= 15 is 0 Å². The molecule has 0 N–H and O–H groups in total. The summed E-state index contributed by atoms with van der Waals surface area (Å²) < 4.78 is 13.2. The van der Waals surface area contributed by atoms with Crippen LogP contribution in [0.3, 0.4) is 0 Å². The fraction of sp³-hybridized carbons (Fsp3) is 0.400. The first-order valence-electron chi connectivity index (χ1n) is 6.60. The first-order valence-corrected chi connectivity index (χ1v) is 6.60. The molecule has 0 spiro atoms. The average molecular weight is 272 g/mol. The minimum atomic E-state index is -0.557. The zero-order valence-electron chi connectivity index (χ0n) is 11.0. The summed E-state index contributed by atoms with van der Waals surface area (Å²) in [5.41, 5.74) is 0.214. The molecule has 0 radical (unpaired) electrons. The van der Waals surface area contributed by atoms with Gasteiger partial charge in [0.2, 0.25) is 11.8 Å². The lowest BCUT2D eigenvalue weighted by molar-refractivity contribution is -0.123. The van der Waals surface area contributed by atoms with Crippen molar-refractivity contribution >= 4 is 17.5 Å². The first kappa shape index (κ1) is 12.8. The third-order valence-corrected chi connectivity index (χ3v) is 4.19. The van der Waals surface area contributed by atoms with E-state index in [4.69, 9.17) is 5.26 Å². The second kappa shape index (κ2) is 4.41. The number of amides is 2. The third-order valence-electron chi connectivity index (χ3n) is 4.19. The van der Waals surface area contributed by atoms with Gasteiger partial charge in [-0.15, -0.1) is 0 Å². The number of carbonyl (C=O) groups is 2. The second-order valence-corrected chi connectivity index (χ2v) is 5.57. The minimum absolute atomic E-state index is 0.0136. The summed E-state index contributed by atoms with van der Waals surface area (Å²) in [6.07, 6.45) is 1.41. The van der Waals surface area contributed by atoms with Gasteiger partial charge in [0.25, 0.3) is 0 Å². The van der Waals surface area contributed by atoms with Crippen molar-refractivity contribution in [1.29, 1.82) is 5.26 Å². The van der Waals surface area contributed by atoms with E-state index in [-0.39, 0.29) is 34.9 Å². The van der Waals surface area contributed by atoms with Crippen LogP contribution in [0.4, 0.5) is 10.1 Å². The lowest BCUT2D eigenvalue weighted by atomic mass is 10.00. The fourth-order valence-corrected chi connectivity index (χ4v) is 3.31. The van der Waals surface area contributed by atoms with Crippen molar-refractivity contribution in [3.05, 3.63) is 29.6 Å². The molecule has 1 heterocycles. The molecule has 0 aromatic heterocycles. The number of hydrogen-bond donors (Lipinski definition) is 0. The normalized spacial score (nSPS) is 28.6. The Hall–Kier alpha value is -2.22. The Kier molecular flexibility index (Phi) is 2.82. The van der Waals surface area contributed by atoms with Gasteiger partial charge in [0.1, 0.15) is 11.9 Å². The Morgan fingerprint density at radius 2 is 1.85 bits per heavy atom. The summed E-state index contributed by atoms with van der Waals surface area (Å²) in [5.74, 6) is -1.27. The number of fused-ring (bicyclic) bond motifs is 1. The van der Waals surface area contributed by atoms with Gasteiger partial charge in [0.15, 0.2) is 0 Å². The summed E-state index contributed by atoms with van der Waals surface area (Å²) in [4.78, 5) is 25.9. The van der Waals surface area contributed by atoms with Crippen molar-refractivity contribution in [3.63, 3.8) is 0 Å². The first-order chi connectivity index (χ1) is 9.52. The maximum Gasteiger partial charge on any atom is 0.237 e. The van der Waals surface area contributed by atoms with Gasteiger partial charge in [-0.2, -0.15) is 5.26 Å². The van der Waals surface area contributed by atoms with Gasteiger partial charge < -0.3 is 0 Å². The monoisotopic (exact) mass is 272 g/mol. The standard InChI is InChI=1S/C15H13FN2O2/c1-8-4-11-12(5-8)15(20)18(14(11)19)13-3-2-10(16)6-9(13)7-17/h2-3,6,8,11-12H,4-5H2,1H3. The molecule has 1 saturated carbocycles. The number of carbonyl (C=O) groups excluding carboxylic acids is 2. The molecule has 0 bridgehead atoms. The lowest BCUT2D eigenvalue weighted by Crippen LogP contribution is -2.32. The molecule has 20 heavy (non-hydrogen) atoms. The summed E-state index contributed by atoms with van der Waals surface area (Å²) in [5, 5.41) is 9.05. The third kappa shape index (κ3) is 1.72. The predicted molar refractivity (Wildman–Crippen MR) is 69.0 cm³/mol. The van der Waals surface area contributed by atoms with Gasteiger partial charge in [-0.1, -0.05) is 6.92 Å². The highest BCUT2D eigenvalue weighted by molar-refractivity contribution is 6.22. The largest absolute Gasteiger partial charge is 0.274 e. The summed E-state index contributed by atoms with van der Waals surface area (Å²) in [6.45, 7) is 2.03. The number of anilines is 1. The Balaban J connectivity index is 2.03. The molecule has 5 heteroatoms. The molecule has 1 saturated heterocycles. The van der Waals surface area contributed by atoms with E-state index in [2.05, 4.69) is 0 Å². The van der Waals surface area contributed by atoms with Crippen LogP contribution < -0.4 is 4.90 Å². The molecule has 102 valence electrons. The van der Waals surface area contributed by atoms with E-state index in [9.17, 15) is 14.0 Å². The topological polar surface area (TPSA) is 61.2 Å². The molecule has 1 aromatic carbocycles. The Labute approximate surface area is 115 Å². The van der Waals surface area contributed by atoms with Gasteiger partial charge in [0.05, 0.1) is 23.1 Å². The van der Waals surface area contributed by atoms with Crippen LogP contribution in [0.5, 0.6) is 0 Å². The number of benzene rings is 1. The quantitative estimate of drug-likeness (QED) is 0.736. The summed E-state index contributed by atoms with van der Waals surface area (Å²) in [6, 6.07) is 5.38. The lowest BCUT2D eigenvalue weighted by Gasteiger charge is -2.18. The van der Waals surface area contributed by atoms with Crippen LogP contribution in [0.25, 0.3) is 0 Å². The molecule has 1 aromatic rings. The van der Waals surface area contributed by atoms with E-state index in [0.717, 1.165) is 17.0 Å². The molecule has 3 rings (SSSR count). The number of hydrogen-bond acceptors (Lipinski definition) is 3. The van der Waals surface area contributed by atoms with Crippen LogP contribution in [0.2, 0.25) is 0 Å². The van der Waals surface area contributed by atoms with Crippen molar-refractivity contribution in [2.45, 2.75) is 19.8 Å². The fourth-order valence-electron chi connectivity index (χ4n) is 3.31. The molecular weight excluding hydrogens is 259 g/mol. The molecular formula is C15H13FN2O2. The second-order valence-electron chi connectivity index (χ2n) is 5.57. The summed E-state index contributed by atoms with van der Waals surface area (Å²) >= 11 is 0. The molecule has 2 amide bonds. The molecule has 4 nitrogen and oxygen atoms in total. The van der Waals surface area contributed by atoms with Crippen molar-refractivity contribution in [2.24, 2.45) is 17.8 Å². The Morgan fingerprint density at radius 1 is 1.25 bits per heavy atom. The maximum absolute atomic E-state index is 13.2. The molecule has 1 aliphatic carbocycles. The molecule has 2 atom stereocenters. The van der Waals surface area contributed by atoms with Crippen LogP contribution in [0.1, 0.15) is 25.3 Å². The minimum Gasteiger partial charge on any atom is -0.274 e. The maximum atomic E-state index is 13.2. The zero-order chi connectivity index (χ0) is 14.4. The predicted octanol–water partition coefficient (Wildman–Crippen LogP) is 2.23. The number of imide groups is 1. The number of halogens is 1. The van der Waals surface area contributed by atoms with E-state index in [1.807, 2.05) is 13.0 Å². The number of nitrogens with zero attached hydrogens (tertiary/aromatic N) is 2. The van der Waals surface area contributed by atoms with E-state index < -0.39 is 5.82 Å². The van der Waals surface area contributed by atoms with Gasteiger partial charge >= 0.3 is 0 Å². The van der Waals surface area contributed by atoms with E-state index in [1.54, 1.807) is 0 Å². The van der Waals surface area contributed by atoms with Crippen LogP contribution in [0.15, 0.2) is 18.2 Å². The molecule has 2 aliphatic rings.